The fourth-order valence-corrected chi connectivity index (χ4v) is 3.54. The van der Waals surface area contributed by atoms with Crippen LogP contribution in [0, 0.1) is 10.1 Å². The van der Waals surface area contributed by atoms with E-state index < -0.39 is 16.8 Å². The van der Waals surface area contributed by atoms with Crippen LogP contribution in [0.1, 0.15) is 27.6 Å². The number of methoxy groups -OCH3 is 1. The summed E-state index contributed by atoms with van der Waals surface area (Å²) < 4.78 is 12.1. The highest BCUT2D eigenvalue weighted by Crippen LogP contribution is 2.31. The highest BCUT2D eigenvalue weighted by atomic mass is 16.6. The fourth-order valence-electron chi connectivity index (χ4n) is 3.54. The number of nitrogens with zero attached hydrogens (tertiary/aromatic N) is 4. The molecule has 4 rings (SSSR count). The van der Waals surface area contributed by atoms with Crippen molar-refractivity contribution in [2.75, 3.05) is 25.6 Å². The molecule has 0 radical (unpaired) electrons. The molecule has 0 aliphatic rings. The van der Waals surface area contributed by atoms with Gasteiger partial charge in [0.25, 0.3) is 11.6 Å². The first kappa shape index (κ1) is 22.8. The van der Waals surface area contributed by atoms with Crippen molar-refractivity contribution in [2.24, 2.45) is 0 Å². The van der Waals surface area contributed by atoms with Crippen LogP contribution >= 0.6 is 0 Å². The third kappa shape index (κ3) is 4.28. The minimum Gasteiger partial charge on any atom is -0.462 e. The molecular formula is C23H21N5O6. The lowest BCUT2D eigenvalue weighted by Gasteiger charge is -2.12. The quantitative estimate of drug-likeness (QED) is 0.238. The van der Waals surface area contributed by atoms with E-state index in [1.165, 1.54) is 31.4 Å². The van der Waals surface area contributed by atoms with Crippen LogP contribution < -0.4 is 5.32 Å². The maximum atomic E-state index is 13.0. The molecule has 0 saturated carbocycles. The summed E-state index contributed by atoms with van der Waals surface area (Å²) in [5.74, 6) is -1.07. The maximum absolute atomic E-state index is 13.0. The molecular weight excluding hydrogens is 442 g/mol. The van der Waals surface area contributed by atoms with Crippen molar-refractivity contribution < 1.29 is 24.0 Å². The van der Waals surface area contributed by atoms with Crippen molar-refractivity contribution in [2.45, 2.75) is 13.5 Å². The Morgan fingerprint density at radius 2 is 1.76 bits per heavy atom. The maximum Gasteiger partial charge on any atom is 0.344 e. The van der Waals surface area contributed by atoms with Gasteiger partial charge in [0, 0.05) is 31.4 Å². The number of esters is 1. The van der Waals surface area contributed by atoms with Gasteiger partial charge in [0.15, 0.2) is 5.65 Å². The standard InChI is InChI=1S/C23H21N5O6/c1-3-34-23(30)18-19-21(25-17-7-5-4-6-16(17)24-19)27(12-13-33-2)20(18)26-22(29)14-8-10-15(11-9-14)28(31)32/h4-11H,3,12-13H2,1-2H3,(H,26,29). The zero-order valence-electron chi connectivity index (χ0n) is 18.5. The summed E-state index contributed by atoms with van der Waals surface area (Å²) >= 11 is 0. The van der Waals surface area contributed by atoms with Gasteiger partial charge in [-0.3, -0.25) is 14.9 Å². The van der Waals surface area contributed by atoms with E-state index in [2.05, 4.69) is 15.3 Å². The number of nitro groups is 1. The Morgan fingerprint density at radius 3 is 2.38 bits per heavy atom. The fraction of sp³-hybridized carbons (Fsp3) is 0.217. The van der Waals surface area contributed by atoms with Gasteiger partial charge in [-0.15, -0.1) is 0 Å². The zero-order valence-corrected chi connectivity index (χ0v) is 18.5. The first-order chi connectivity index (χ1) is 16.4. The zero-order chi connectivity index (χ0) is 24.2. The van der Waals surface area contributed by atoms with Crippen molar-refractivity contribution >= 4 is 45.6 Å². The van der Waals surface area contributed by atoms with E-state index in [4.69, 9.17) is 9.47 Å². The van der Waals surface area contributed by atoms with E-state index in [-0.39, 0.29) is 47.9 Å². The van der Waals surface area contributed by atoms with E-state index in [1.807, 2.05) is 12.1 Å². The Hall–Kier alpha value is -4.38. The van der Waals surface area contributed by atoms with Gasteiger partial charge < -0.3 is 19.4 Å². The van der Waals surface area contributed by atoms with Gasteiger partial charge >= 0.3 is 5.97 Å². The Balaban J connectivity index is 1.88. The average Bonchev–Trinajstić information content (AvgIpc) is 3.13. The number of nitro benzene ring substituents is 1. The van der Waals surface area contributed by atoms with Crippen LogP contribution in [0.25, 0.3) is 22.2 Å². The third-order valence-corrected chi connectivity index (χ3v) is 5.12. The summed E-state index contributed by atoms with van der Waals surface area (Å²) in [6.45, 7) is 2.36. The number of hydrogen-bond acceptors (Lipinski definition) is 8. The Labute approximate surface area is 193 Å². The summed E-state index contributed by atoms with van der Waals surface area (Å²) in [7, 11) is 1.54. The number of para-hydroxylation sites is 2. The summed E-state index contributed by atoms with van der Waals surface area (Å²) in [6.07, 6.45) is 0. The predicted octanol–water partition coefficient (Wildman–Crippen LogP) is 3.57. The molecule has 1 amide bonds. The van der Waals surface area contributed by atoms with Crippen LogP contribution in [-0.2, 0) is 16.0 Å². The van der Waals surface area contributed by atoms with Crippen molar-refractivity contribution in [3.63, 3.8) is 0 Å². The molecule has 11 heteroatoms. The normalized spacial score (nSPS) is 11.0. The second-order valence-corrected chi connectivity index (χ2v) is 7.23. The minimum absolute atomic E-state index is 0.0708. The first-order valence-corrected chi connectivity index (χ1v) is 10.5. The molecule has 11 nitrogen and oxygen atoms in total. The molecule has 4 aromatic rings. The molecule has 2 aromatic heterocycles. The van der Waals surface area contributed by atoms with Crippen molar-refractivity contribution in [3.8, 4) is 0 Å². The number of ether oxygens (including phenoxy) is 2. The van der Waals surface area contributed by atoms with Crippen LogP contribution in [0.15, 0.2) is 48.5 Å². The molecule has 0 fully saturated rings. The first-order valence-electron chi connectivity index (χ1n) is 10.5. The Morgan fingerprint density at radius 1 is 1.09 bits per heavy atom. The number of fused-ring (bicyclic) bond motifs is 2. The molecule has 2 aromatic carbocycles. The molecule has 0 aliphatic heterocycles. The molecule has 0 bridgehead atoms. The Bertz CT molecular complexity index is 1400. The molecule has 0 unspecified atom stereocenters. The topological polar surface area (TPSA) is 138 Å². The van der Waals surface area contributed by atoms with Gasteiger partial charge in [0.2, 0.25) is 0 Å². The molecule has 0 saturated heterocycles. The molecule has 34 heavy (non-hydrogen) atoms. The highest BCUT2D eigenvalue weighted by Gasteiger charge is 2.28. The number of amides is 1. The molecule has 0 spiro atoms. The average molecular weight is 463 g/mol. The number of nitrogens with one attached hydrogen (secondary N) is 1. The summed E-state index contributed by atoms with van der Waals surface area (Å²) in [4.78, 5) is 45.7. The monoisotopic (exact) mass is 463 g/mol. The number of hydrogen-bond donors (Lipinski definition) is 1. The van der Waals surface area contributed by atoms with Gasteiger partial charge in [-0.1, -0.05) is 12.1 Å². The number of carbonyl (C=O) groups is 2. The lowest BCUT2D eigenvalue weighted by Crippen LogP contribution is -2.19. The molecule has 174 valence electrons. The number of aromatic nitrogens is 3. The van der Waals surface area contributed by atoms with Gasteiger partial charge in [-0.05, 0) is 31.2 Å². The van der Waals surface area contributed by atoms with E-state index in [1.54, 1.807) is 23.6 Å². The number of non-ortho nitro benzene ring substituents is 1. The van der Waals surface area contributed by atoms with Crippen LogP contribution in [0.5, 0.6) is 0 Å². The van der Waals surface area contributed by atoms with Gasteiger partial charge in [0.1, 0.15) is 16.9 Å². The molecule has 1 N–H and O–H groups in total. The second kappa shape index (κ2) is 9.63. The highest BCUT2D eigenvalue weighted by molar-refractivity contribution is 6.13. The van der Waals surface area contributed by atoms with Crippen molar-refractivity contribution in [1.82, 2.24) is 14.5 Å². The summed E-state index contributed by atoms with van der Waals surface area (Å²) in [6, 6.07) is 12.4. The molecule has 2 heterocycles. The van der Waals surface area contributed by atoms with Crippen LogP contribution in [0.4, 0.5) is 11.5 Å². The van der Waals surface area contributed by atoms with Gasteiger partial charge in [-0.2, -0.15) is 0 Å². The SMILES string of the molecule is CCOC(=O)c1c(NC(=O)c2ccc([N+](=O)[O-])cc2)n(CCOC)c2nc3ccccc3nc12. The van der Waals surface area contributed by atoms with Crippen LogP contribution in [-0.4, -0.2) is 51.7 Å². The summed E-state index contributed by atoms with van der Waals surface area (Å²) in [5.41, 5.74) is 1.98. The number of anilines is 1. The van der Waals surface area contributed by atoms with E-state index >= 15 is 0 Å². The Kier molecular flexibility index (Phi) is 6.46. The molecule has 0 aliphatic carbocycles. The molecule has 0 atom stereocenters. The van der Waals surface area contributed by atoms with E-state index in [0.717, 1.165) is 0 Å². The predicted molar refractivity (Wildman–Crippen MR) is 124 cm³/mol. The van der Waals surface area contributed by atoms with Crippen LogP contribution in [0.2, 0.25) is 0 Å². The second-order valence-electron chi connectivity index (χ2n) is 7.23. The van der Waals surface area contributed by atoms with E-state index in [0.29, 0.717) is 16.7 Å². The lowest BCUT2D eigenvalue weighted by molar-refractivity contribution is -0.384. The lowest BCUT2D eigenvalue weighted by atomic mass is 10.2. The number of rotatable bonds is 8. The summed E-state index contributed by atoms with van der Waals surface area (Å²) in [5, 5.41) is 13.7. The third-order valence-electron chi connectivity index (χ3n) is 5.12. The van der Waals surface area contributed by atoms with Gasteiger partial charge in [-0.25, -0.2) is 14.8 Å². The number of benzene rings is 2. The smallest absolute Gasteiger partial charge is 0.344 e. The minimum atomic E-state index is -0.660. The van der Waals surface area contributed by atoms with Crippen molar-refractivity contribution in [1.29, 1.82) is 0 Å². The number of carbonyl (C=O) groups excluding carboxylic acids is 2. The van der Waals surface area contributed by atoms with Crippen LogP contribution in [0.3, 0.4) is 0 Å². The van der Waals surface area contributed by atoms with Gasteiger partial charge in [0.05, 0.1) is 29.2 Å². The van der Waals surface area contributed by atoms with E-state index in [9.17, 15) is 19.7 Å². The largest absolute Gasteiger partial charge is 0.462 e. The van der Waals surface area contributed by atoms with Crippen molar-refractivity contribution in [3.05, 3.63) is 69.8 Å².